The third kappa shape index (κ3) is 4.47. The molecule has 2 aromatic carbocycles. The Balaban J connectivity index is 1.17. The van der Waals surface area contributed by atoms with Crippen LogP contribution in [-0.2, 0) is 6.42 Å². The van der Waals surface area contributed by atoms with E-state index in [1.165, 1.54) is 23.6 Å². The number of carbonyl (C=O) groups is 1. The van der Waals surface area contributed by atoms with Crippen LogP contribution >= 0.6 is 0 Å². The summed E-state index contributed by atoms with van der Waals surface area (Å²) in [6, 6.07) is 6.41. The van der Waals surface area contributed by atoms with Crippen molar-refractivity contribution in [3.05, 3.63) is 81.9 Å². The predicted molar refractivity (Wildman–Crippen MR) is 159 cm³/mol. The molecule has 9 nitrogen and oxygen atoms in total. The van der Waals surface area contributed by atoms with Crippen molar-refractivity contribution in [2.24, 2.45) is 0 Å². The second-order valence-electron chi connectivity index (χ2n) is 12.3. The Morgan fingerprint density at radius 2 is 1.95 bits per heavy atom. The highest BCUT2D eigenvalue weighted by Crippen LogP contribution is 2.57. The highest BCUT2D eigenvalue weighted by molar-refractivity contribution is 5.96. The third-order valence-electron chi connectivity index (χ3n) is 9.52. The van der Waals surface area contributed by atoms with Crippen molar-refractivity contribution in [1.82, 2.24) is 29.7 Å². The second-order valence-corrected chi connectivity index (χ2v) is 12.3. The number of nitrogens with zero attached hydrogens (tertiary/aromatic N) is 6. The molecule has 2 atom stereocenters. The number of methoxy groups -OCH3 is 1. The Labute approximate surface area is 254 Å². The van der Waals surface area contributed by atoms with Gasteiger partial charge in [-0.2, -0.15) is 5.10 Å². The largest absolute Gasteiger partial charge is 0.494 e. The fraction of sp³-hybridized carbons (Fsp3) is 0.455. The average Bonchev–Trinajstić information content (AvgIpc) is 3.30. The molecule has 4 aromatic rings. The maximum Gasteiger partial charge on any atom is 0.257 e. The van der Waals surface area contributed by atoms with Crippen LogP contribution < -0.4 is 9.47 Å². The third-order valence-corrected chi connectivity index (χ3v) is 9.52. The molecule has 230 valence electrons. The van der Waals surface area contributed by atoms with E-state index >= 15 is 4.39 Å². The van der Waals surface area contributed by atoms with Crippen molar-refractivity contribution < 1.29 is 23.0 Å². The fourth-order valence-corrected chi connectivity index (χ4v) is 7.37. The van der Waals surface area contributed by atoms with Crippen LogP contribution in [-0.4, -0.2) is 61.4 Å². The molecule has 1 amide bonds. The number of benzene rings is 2. The van der Waals surface area contributed by atoms with Gasteiger partial charge < -0.3 is 14.4 Å². The number of likely N-dealkylation sites (tertiary alicyclic amines) is 1. The van der Waals surface area contributed by atoms with E-state index in [9.17, 15) is 9.18 Å². The lowest BCUT2D eigenvalue weighted by atomic mass is 9.94. The summed E-state index contributed by atoms with van der Waals surface area (Å²) in [7, 11) is 1.29. The Morgan fingerprint density at radius 1 is 1.14 bits per heavy atom. The zero-order chi connectivity index (χ0) is 30.7. The standard InChI is InChI=1S/C33H36F2N6O3/c1-5-6-28-22(17-36-41(28)29-15-25(35)30(43-4)16-24(29)34)32(42)39-11-7-23(33(39)9-10-33)26-18-40(38-37-26)27-8-12-44-31-20(3)13-19(2)14-21(27)31/h13-18,23,27H,5-12H2,1-4H3/t23?,27-/m0/s1. The van der Waals surface area contributed by atoms with Crippen LogP contribution in [0.4, 0.5) is 8.78 Å². The summed E-state index contributed by atoms with van der Waals surface area (Å²) in [5.74, 6) is -0.697. The zero-order valence-electron chi connectivity index (χ0n) is 25.4. The normalized spacial score (nSPS) is 20.1. The van der Waals surface area contributed by atoms with Gasteiger partial charge in [0.2, 0.25) is 0 Å². The molecular formula is C33H36F2N6O3. The Morgan fingerprint density at radius 3 is 2.70 bits per heavy atom. The van der Waals surface area contributed by atoms with Gasteiger partial charge >= 0.3 is 0 Å². The zero-order valence-corrected chi connectivity index (χ0v) is 25.4. The van der Waals surface area contributed by atoms with Crippen LogP contribution in [0.3, 0.4) is 0 Å². The first-order valence-corrected chi connectivity index (χ1v) is 15.3. The van der Waals surface area contributed by atoms with Gasteiger partial charge in [-0.15, -0.1) is 5.10 Å². The van der Waals surface area contributed by atoms with Gasteiger partial charge in [-0.05, 0) is 45.1 Å². The van der Waals surface area contributed by atoms with Gasteiger partial charge in [-0.3, -0.25) is 4.79 Å². The monoisotopic (exact) mass is 602 g/mol. The van der Waals surface area contributed by atoms with Crippen molar-refractivity contribution in [2.75, 3.05) is 20.3 Å². The van der Waals surface area contributed by atoms with E-state index in [4.69, 9.17) is 9.47 Å². The van der Waals surface area contributed by atoms with Gasteiger partial charge in [-0.25, -0.2) is 18.1 Å². The topological polar surface area (TPSA) is 87.3 Å². The molecule has 4 heterocycles. The minimum atomic E-state index is -0.698. The number of ether oxygens (including phenoxy) is 2. The van der Waals surface area contributed by atoms with Crippen LogP contribution in [0.5, 0.6) is 11.5 Å². The number of rotatable bonds is 7. The smallest absolute Gasteiger partial charge is 0.257 e. The molecule has 0 N–H and O–H groups in total. The highest BCUT2D eigenvalue weighted by atomic mass is 19.1. The predicted octanol–water partition coefficient (Wildman–Crippen LogP) is 5.85. The average molecular weight is 603 g/mol. The van der Waals surface area contributed by atoms with Crippen LogP contribution in [0.25, 0.3) is 5.69 Å². The molecule has 1 saturated carbocycles. The van der Waals surface area contributed by atoms with Crippen LogP contribution in [0.15, 0.2) is 36.7 Å². The van der Waals surface area contributed by atoms with E-state index in [-0.39, 0.29) is 34.8 Å². The lowest BCUT2D eigenvalue weighted by Gasteiger charge is -2.28. The summed E-state index contributed by atoms with van der Waals surface area (Å²) in [6.07, 6.45) is 8.08. The Kier molecular flexibility index (Phi) is 6.93. The summed E-state index contributed by atoms with van der Waals surface area (Å²) in [5, 5.41) is 13.6. The molecule has 44 heavy (non-hydrogen) atoms. The van der Waals surface area contributed by atoms with Gasteiger partial charge in [0.25, 0.3) is 5.91 Å². The molecule has 7 rings (SSSR count). The van der Waals surface area contributed by atoms with Crippen molar-refractivity contribution in [3.63, 3.8) is 0 Å². The van der Waals surface area contributed by atoms with Crippen LogP contribution in [0.2, 0.25) is 0 Å². The van der Waals surface area contributed by atoms with E-state index in [1.54, 1.807) is 0 Å². The van der Waals surface area contributed by atoms with Gasteiger partial charge in [-0.1, -0.05) is 36.3 Å². The molecule has 1 unspecified atom stereocenters. The minimum absolute atomic E-state index is 0.0403. The Hall–Kier alpha value is -4.28. The number of fused-ring (bicyclic) bond motifs is 1. The molecule has 2 aromatic heterocycles. The van der Waals surface area contributed by atoms with E-state index in [0.717, 1.165) is 60.4 Å². The molecule has 3 aliphatic rings. The Bertz CT molecular complexity index is 1760. The number of amides is 1. The van der Waals surface area contributed by atoms with Crippen LogP contribution in [0, 0.1) is 25.5 Å². The van der Waals surface area contributed by atoms with Crippen molar-refractivity contribution >= 4 is 5.91 Å². The van der Waals surface area contributed by atoms with Gasteiger partial charge in [0.05, 0.1) is 48.4 Å². The SMILES string of the molecule is CCCc1c(C(=O)N2CCC(c3cn([C@H]4CCOc5c(C)cc(C)cc54)nn3)C23CC3)cnn1-c1cc(F)c(OC)cc1F. The lowest BCUT2D eigenvalue weighted by Crippen LogP contribution is -2.39. The molecule has 2 fully saturated rings. The van der Waals surface area contributed by atoms with E-state index < -0.39 is 11.6 Å². The number of carbonyl (C=O) groups excluding carboxylic acids is 1. The molecule has 1 aliphatic carbocycles. The molecule has 0 radical (unpaired) electrons. The molecular weight excluding hydrogens is 566 g/mol. The first-order valence-electron chi connectivity index (χ1n) is 15.3. The second kappa shape index (κ2) is 10.7. The van der Waals surface area contributed by atoms with Crippen LogP contribution in [0.1, 0.15) is 89.4 Å². The maximum atomic E-state index is 15.0. The molecule has 11 heteroatoms. The number of halogens is 2. The summed E-state index contributed by atoms with van der Waals surface area (Å²) < 4.78 is 43.8. The number of hydrogen-bond donors (Lipinski definition) is 0. The first kappa shape index (κ1) is 28.5. The van der Waals surface area contributed by atoms with E-state index in [1.807, 2.05) is 16.5 Å². The quantitative estimate of drug-likeness (QED) is 0.264. The lowest BCUT2D eigenvalue weighted by molar-refractivity contribution is 0.0707. The molecule has 1 saturated heterocycles. The van der Waals surface area contributed by atoms with Gasteiger partial charge in [0.15, 0.2) is 17.4 Å². The van der Waals surface area contributed by atoms with E-state index in [0.29, 0.717) is 37.3 Å². The summed E-state index contributed by atoms with van der Waals surface area (Å²) >= 11 is 0. The molecule has 1 spiro atoms. The van der Waals surface area contributed by atoms with E-state index in [2.05, 4.69) is 47.6 Å². The summed E-state index contributed by atoms with van der Waals surface area (Å²) in [4.78, 5) is 16.1. The summed E-state index contributed by atoms with van der Waals surface area (Å²) in [6.45, 7) is 7.34. The number of hydrogen-bond acceptors (Lipinski definition) is 6. The number of aromatic nitrogens is 5. The van der Waals surface area contributed by atoms with Crippen molar-refractivity contribution in [3.8, 4) is 17.2 Å². The van der Waals surface area contributed by atoms with Gasteiger partial charge in [0, 0.05) is 42.8 Å². The number of aryl methyl sites for hydroxylation is 2. The molecule has 2 aliphatic heterocycles. The first-order chi connectivity index (χ1) is 21.3. The fourth-order valence-electron chi connectivity index (χ4n) is 7.37. The minimum Gasteiger partial charge on any atom is -0.494 e. The highest BCUT2D eigenvalue weighted by Gasteiger charge is 2.60. The molecule has 0 bridgehead atoms. The summed E-state index contributed by atoms with van der Waals surface area (Å²) in [5.41, 5.74) is 4.93. The van der Waals surface area contributed by atoms with Crippen molar-refractivity contribution in [2.45, 2.75) is 76.8 Å². The van der Waals surface area contributed by atoms with Crippen molar-refractivity contribution in [1.29, 1.82) is 0 Å². The van der Waals surface area contributed by atoms with Gasteiger partial charge in [0.1, 0.15) is 11.4 Å². The maximum absolute atomic E-state index is 15.0.